The third kappa shape index (κ3) is 4.69. The molecule has 0 aliphatic heterocycles. The van der Waals surface area contributed by atoms with Crippen LogP contribution in [-0.4, -0.2) is 19.9 Å². The Kier molecular flexibility index (Phi) is 6.60. The van der Waals surface area contributed by atoms with Gasteiger partial charge in [0.2, 0.25) is 0 Å². The monoisotopic (exact) mass is 658 g/mol. The van der Waals surface area contributed by atoms with Crippen molar-refractivity contribution in [3.05, 3.63) is 158 Å². The first-order valence-electron chi connectivity index (χ1n) is 16.5. The molecule has 6 aromatic carbocycles. The maximum atomic E-state index is 6.71. The highest BCUT2D eigenvalue weighted by molar-refractivity contribution is 7.25. The fraction of sp³-hybridized carbons (Fsp3) is 0. The average molecular weight is 659 g/mol. The second kappa shape index (κ2) is 11.6. The molecule has 0 saturated heterocycles. The van der Waals surface area contributed by atoms with E-state index in [0.29, 0.717) is 17.5 Å². The predicted octanol–water partition coefficient (Wildman–Crippen LogP) is 11.9. The van der Waals surface area contributed by atoms with Crippen molar-refractivity contribution in [3.8, 4) is 56.4 Å². The van der Waals surface area contributed by atoms with Crippen LogP contribution in [0, 0.1) is 0 Å². The zero-order valence-corrected chi connectivity index (χ0v) is 27.4. The molecule has 0 bridgehead atoms. The molecule has 234 valence electrons. The van der Waals surface area contributed by atoms with Gasteiger partial charge in [-0.3, -0.25) is 4.98 Å². The van der Waals surface area contributed by atoms with Gasteiger partial charge in [-0.25, -0.2) is 15.0 Å². The van der Waals surface area contributed by atoms with E-state index in [4.69, 9.17) is 19.4 Å². The van der Waals surface area contributed by atoms with E-state index in [2.05, 4.69) is 89.9 Å². The van der Waals surface area contributed by atoms with Gasteiger partial charge >= 0.3 is 0 Å². The molecule has 6 heteroatoms. The topological polar surface area (TPSA) is 64.7 Å². The SMILES string of the molecule is c1ccc(-c2nc(-c3ccccc3-c3cccnc3)nc(-c3ccc(-c4ccc5c(c4)sc4ccccc45)c4c3oc3ccccc34)n2)cc1. The van der Waals surface area contributed by atoms with E-state index in [-0.39, 0.29) is 0 Å². The van der Waals surface area contributed by atoms with Gasteiger partial charge in [0.15, 0.2) is 17.5 Å². The average Bonchev–Trinajstić information content (AvgIpc) is 3.77. The number of hydrogen-bond donors (Lipinski definition) is 0. The van der Waals surface area contributed by atoms with Crippen LogP contribution in [0.1, 0.15) is 0 Å². The van der Waals surface area contributed by atoms with E-state index in [1.165, 1.54) is 20.2 Å². The number of aromatic nitrogens is 4. The highest BCUT2D eigenvalue weighted by Gasteiger charge is 2.22. The van der Waals surface area contributed by atoms with Crippen LogP contribution in [0.4, 0.5) is 0 Å². The summed E-state index contributed by atoms with van der Waals surface area (Å²) in [6.45, 7) is 0. The Hall–Kier alpha value is -6.50. The Bertz CT molecular complexity index is 2880. The number of furan rings is 1. The van der Waals surface area contributed by atoms with Crippen molar-refractivity contribution >= 4 is 53.4 Å². The largest absolute Gasteiger partial charge is 0.455 e. The number of pyridine rings is 1. The van der Waals surface area contributed by atoms with E-state index in [9.17, 15) is 0 Å². The van der Waals surface area contributed by atoms with Gasteiger partial charge in [0, 0.05) is 60.0 Å². The summed E-state index contributed by atoms with van der Waals surface area (Å²) in [5.74, 6) is 1.72. The Balaban J connectivity index is 1.22. The summed E-state index contributed by atoms with van der Waals surface area (Å²) in [6.07, 6.45) is 3.65. The summed E-state index contributed by atoms with van der Waals surface area (Å²) in [7, 11) is 0. The van der Waals surface area contributed by atoms with Gasteiger partial charge in [0.05, 0.1) is 5.56 Å². The number of thiophene rings is 1. The molecule has 10 aromatic rings. The lowest BCUT2D eigenvalue weighted by Crippen LogP contribution is -2.01. The minimum Gasteiger partial charge on any atom is -0.455 e. The van der Waals surface area contributed by atoms with Crippen molar-refractivity contribution in [2.75, 3.05) is 0 Å². The van der Waals surface area contributed by atoms with Gasteiger partial charge < -0.3 is 4.42 Å². The number of benzene rings is 6. The van der Waals surface area contributed by atoms with Crippen LogP contribution in [0.25, 0.3) is 98.5 Å². The van der Waals surface area contributed by atoms with Crippen molar-refractivity contribution in [3.63, 3.8) is 0 Å². The molecule has 0 amide bonds. The molecular weight excluding hydrogens is 633 g/mol. The molecule has 0 unspecified atom stereocenters. The molecule has 0 radical (unpaired) electrons. The van der Waals surface area contributed by atoms with Gasteiger partial charge in [0.1, 0.15) is 11.2 Å². The van der Waals surface area contributed by atoms with Crippen LogP contribution in [-0.2, 0) is 0 Å². The summed E-state index contributed by atoms with van der Waals surface area (Å²) in [4.78, 5) is 19.7. The third-order valence-electron chi connectivity index (χ3n) is 9.26. The van der Waals surface area contributed by atoms with Crippen LogP contribution in [0.15, 0.2) is 162 Å². The molecule has 4 aromatic heterocycles. The Morgan fingerprint density at radius 3 is 1.98 bits per heavy atom. The van der Waals surface area contributed by atoms with Crippen molar-refractivity contribution in [2.45, 2.75) is 0 Å². The highest BCUT2D eigenvalue weighted by Crippen LogP contribution is 2.44. The zero-order valence-electron chi connectivity index (χ0n) is 26.6. The number of para-hydroxylation sites is 1. The smallest absolute Gasteiger partial charge is 0.167 e. The second-order valence-corrected chi connectivity index (χ2v) is 13.3. The minimum atomic E-state index is 0.547. The standard InChI is InChI=1S/C44H26N4OS/c1-2-11-27(12-3-1)42-46-43(34-16-5-4-14-30(34)29-13-10-24-45-26-29)48-44(47-42)36-23-22-31(40-35-17-6-8-18-37(35)49-41(36)40)28-20-21-33-32-15-7-9-19-38(32)50-39(33)25-28/h1-26H. The summed E-state index contributed by atoms with van der Waals surface area (Å²) in [5.41, 5.74) is 8.41. The lowest BCUT2D eigenvalue weighted by Gasteiger charge is -2.12. The summed E-state index contributed by atoms with van der Waals surface area (Å²) < 4.78 is 9.26. The maximum absolute atomic E-state index is 6.71. The van der Waals surface area contributed by atoms with Crippen molar-refractivity contribution < 1.29 is 4.42 Å². The number of rotatable bonds is 5. The van der Waals surface area contributed by atoms with Crippen LogP contribution in [0.3, 0.4) is 0 Å². The second-order valence-electron chi connectivity index (χ2n) is 12.2. The fourth-order valence-corrected chi connectivity index (χ4v) is 8.07. The molecule has 0 aliphatic rings. The van der Waals surface area contributed by atoms with Gasteiger partial charge in [-0.05, 0) is 47.0 Å². The third-order valence-corrected chi connectivity index (χ3v) is 10.4. The van der Waals surface area contributed by atoms with Crippen molar-refractivity contribution in [1.82, 2.24) is 19.9 Å². The molecule has 0 spiro atoms. The van der Waals surface area contributed by atoms with E-state index < -0.39 is 0 Å². The van der Waals surface area contributed by atoms with Gasteiger partial charge in [-0.2, -0.15) is 0 Å². The van der Waals surface area contributed by atoms with Gasteiger partial charge in [0.25, 0.3) is 0 Å². The lowest BCUT2D eigenvalue weighted by atomic mass is 9.96. The summed E-state index contributed by atoms with van der Waals surface area (Å²) >= 11 is 1.83. The van der Waals surface area contributed by atoms with Crippen LogP contribution in [0.5, 0.6) is 0 Å². The molecule has 5 nitrogen and oxygen atoms in total. The number of fused-ring (bicyclic) bond motifs is 6. The molecule has 50 heavy (non-hydrogen) atoms. The van der Waals surface area contributed by atoms with Crippen LogP contribution < -0.4 is 0 Å². The van der Waals surface area contributed by atoms with E-state index in [1.807, 2.05) is 78.2 Å². The van der Waals surface area contributed by atoms with E-state index in [1.54, 1.807) is 6.20 Å². The normalized spacial score (nSPS) is 11.6. The highest BCUT2D eigenvalue weighted by atomic mass is 32.1. The summed E-state index contributed by atoms with van der Waals surface area (Å²) in [5, 5.41) is 4.66. The number of hydrogen-bond acceptors (Lipinski definition) is 6. The van der Waals surface area contributed by atoms with Gasteiger partial charge in [-0.1, -0.05) is 115 Å². The Morgan fingerprint density at radius 2 is 1.12 bits per heavy atom. The molecule has 10 rings (SSSR count). The van der Waals surface area contributed by atoms with Gasteiger partial charge in [-0.15, -0.1) is 11.3 Å². The lowest BCUT2D eigenvalue weighted by molar-refractivity contribution is 0.669. The molecule has 0 fully saturated rings. The number of nitrogens with zero attached hydrogens (tertiary/aromatic N) is 4. The fourth-order valence-electron chi connectivity index (χ4n) is 6.92. The molecule has 0 atom stereocenters. The molecule has 0 N–H and O–H groups in total. The zero-order chi connectivity index (χ0) is 33.0. The van der Waals surface area contributed by atoms with E-state index >= 15 is 0 Å². The molecular formula is C44H26N4OS. The minimum absolute atomic E-state index is 0.547. The van der Waals surface area contributed by atoms with Crippen LogP contribution >= 0.6 is 11.3 Å². The molecule has 0 aliphatic carbocycles. The van der Waals surface area contributed by atoms with E-state index in [0.717, 1.165) is 60.9 Å². The Morgan fingerprint density at radius 1 is 0.440 bits per heavy atom. The molecule has 0 saturated carbocycles. The first-order valence-corrected chi connectivity index (χ1v) is 17.3. The Labute approximate surface area is 291 Å². The maximum Gasteiger partial charge on any atom is 0.167 e. The molecule has 4 heterocycles. The quantitative estimate of drug-likeness (QED) is 0.184. The first kappa shape index (κ1) is 28.5. The first-order chi connectivity index (χ1) is 24.8. The predicted molar refractivity (Wildman–Crippen MR) is 205 cm³/mol. The summed E-state index contributed by atoms with van der Waals surface area (Å²) in [6, 6.07) is 50.1. The van der Waals surface area contributed by atoms with Crippen molar-refractivity contribution in [2.24, 2.45) is 0 Å². The van der Waals surface area contributed by atoms with Crippen LogP contribution in [0.2, 0.25) is 0 Å². The van der Waals surface area contributed by atoms with Crippen molar-refractivity contribution in [1.29, 1.82) is 0 Å².